The van der Waals surface area contributed by atoms with Gasteiger partial charge in [0.2, 0.25) is 5.91 Å². The zero-order chi connectivity index (χ0) is 13.6. The molecule has 2 atom stereocenters. The lowest BCUT2D eigenvalue weighted by Gasteiger charge is -2.25. The fraction of sp³-hybridized carbons (Fsp3) is 0.500. The maximum Gasteiger partial charge on any atom is 0.342 e. The molecule has 0 aliphatic rings. The Morgan fingerprint density at radius 2 is 2.00 bits per heavy atom. The lowest BCUT2D eigenvalue weighted by Crippen LogP contribution is -2.57. The summed E-state index contributed by atoms with van der Waals surface area (Å²) in [5.74, 6) is -1.55. The molecule has 5 N–H and O–H groups in total. The van der Waals surface area contributed by atoms with Crippen molar-refractivity contribution in [3.05, 3.63) is 0 Å². The molecular formula is C10H14N2O5. The molecule has 7 nitrogen and oxygen atoms in total. The number of terminal acetylenes is 1. The quantitative estimate of drug-likeness (QED) is 0.431. The van der Waals surface area contributed by atoms with Crippen LogP contribution in [-0.2, 0) is 14.4 Å². The van der Waals surface area contributed by atoms with Crippen LogP contribution in [0.2, 0.25) is 0 Å². The second-order valence-electron chi connectivity index (χ2n) is 3.53. The van der Waals surface area contributed by atoms with Gasteiger partial charge in [0, 0.05) is 12.8 Å². The van der Waals surface area contributed by atoms with E-state index in [-0.39, 0.29) is 0 Å². The molecule has 0 fully saturated rings. The van der Waals surface area contributed by atoms with Gasteiger partial charge in [-0.25, -0.2) is 4.79 Å². The van der Waals surface area contributed by atoms with Crippen molar-refractivity contribution in [1.29, 1.82) is 0 Å². The fourth-order valence-corrected chi connectivity index (χ4v) is 1.01. The monoisotopic (exact) mass is 242 g/mol. The van der Waals surface area contributed by atoms with Gasteiger partial charge in [0.15, 0.2) is 5.54 Å². The van der Waals surface area contributed by atoms with Crippen molar-refractivity contribution in [3.63, 3.8) is 0 Å². The van der Waals surface area contributed by atoms with Crippen LogP contribution in [0.5, 0.6) is 0 Å². The number of carbonyl (C=O) groups excluding carboxylic acids is 1. The number of carbonyl (C=O) groups is 3. The molecule has 0 aromatic carbocycles. The largest absolute Gasteiger partial charge is 0.481 e. The molecular weight excluding hydrogens is 228 g/mol. The van der Waals surface area contributed by atoms with Gasteiger partial charge >= 0.3 is 11.9 Å². The van der Waals surface area contributed by atoms with E-state index < -0.39 is 42.3 Å². The van der Waals surface area contributed by atoms with E-state index >= 15 is 0 Å². The average molecular weight is 242 g/mol. The molecule has 0 bridgehead atoms. The number of nitrogens with one attached hydrogen (secondary N) is 1. The molecule has 0 saturated carbocycles. The van der Waals surface area contributed by atoms with E-state index in [1.807, 2.05) is 5.92 Å². The van der Waals surface area contributed by atoms with Crippen molar-refractivity contribution in [3.8, 4) is 12.3 Å². The summed E-state index contributed by atoms with van der Waals surface area (Å²) >= 11 is 0. The topological polar surface area (TPSA) is 130 Å². The number of hydrogen-bond donors (Lipinski definition) is 4. The van der Waals surface area contributed by atoms with E-state index in [2.05, 4.69) is 5.32 Å². The van der Waals surface area contributed by atoms with Crippen LogP contribution in [0.4, 0.5) is 0 Å². The highest BCUT2D eigenvalue weighted by Crippen LogP contribution is 2.13. The van der Waals surface area contributed by atoms with Crippen LogP contribution in [0.3, 0.4) is 0 Å². The van der Waals surface area contributed by atoms with Gasteiger partial charge in [0.25, 0.3) is 0 Å². The number of carboxylic acid groups (broad SMARTS) is 2. The van der Waals surface area contributed by atoms with Crippen LogP contribution in [0.15, 0.2) is 0 Å². The lowest BCUT2D eigenvalue weighted by atomic mass is 9.94. The van der Waals surface area contributed by atoms with E-state index in [9.17, 15) is 14.4 Å². The predicted octanol–water partition coefficient (Wildman–Crippen LogP) is -1.23. The zero-order valence-corrected chi connectivity index (χ0v) is 9.27. The molecule has 7 heteroatoms. The van der Waals surface area contributed by atoms with Crippen molar-refractivity contribution in [2.45, 2.75) is 31.3 Å². The molecule has 94 valence electrons. The minimum Gasteiger partial charge on any atom is -0.481 e. The number of amides is 1. The Morgan fingerprint density at radius 3 is 2.29 bits per heavy atom. The third-order valence-corrected chi connectivity index (χ3v) is 2.08. The number of hydrogen-bond acceptors (Lipinski definition) is 4. The maximum absolute atomic E-state index is 11.3. The van der Waals surface area contributed by atoms with Crippen LogP contribution in [-0.4, -0.2) is 39.6 Å². The van der Waals surface area contributed by atoms with E-state index in [1.165, 1.54) is 6.92 Å². The third kappa shape index (κ3) is 4.12. The Hall–Kier alpha value is -2.07. The second kappa shape index (κ2) is 5.86. The molecule has 0 aliphatic carbocycles. The minimum atomic E-state index is -2.04. The van der Waals surface area contributed by atoms with Gasteiger partial charge in [0.1, 0.15) is 0 Å². The number of nitrogens with two attached hydrogens (primary N) is 1. The smallest absolute Gasteiger partial charge is 0.342 e. The Morgan fingerprint density at radius 1 is 1.47 bits per heavy atom. The van der Waals surface area contributed by atoms with Crippen molar-refractivity contribution in [2.75, 3.05) is 0 Å². The molecule has 0 saturated heterocycles. The molecule has 0 aromatic heterocycles. The first-order valence-corrected chi connectivity index (χ1v) is 4.75. The summed E-state index contributed by atoms with van der Waals surface area (Å²) in [6, 6.07) is -0.938. The standard InChI is InChI=1S/C10H14N2O5/c1-3-10(9(16)17,5-4-7(13)14)12-8(15)6(2)11/h1,6H,4-5,11H2,2H3,(H,12,15)(H,13,14)(H,16,17). The van der Waals surface area contributed by atoms with Crippen molar-refractivity contribution in [2.24, 2.45) is 5.73 Å². The summed E-state index contributed by atoms with van der Waals surface area (Å²) < 4.78 is 0. The zero-order valence-electron chi connectivity index (χ0n) is 9.27. The number of aliphatic carboxylic acids is 2. The van der Waals surface area contributed by atoms with Crippen LogP contribution in [0.1, 0.15) is 19.8 Å². The molecule has 0 radical (unpaired) electrons. The van der Waals surface area contributed by atoms with Crippen molar-refractivity contribution >= 4 is 17.8 Å². The highest BCUT2D eigenvalue weighted by molar-refractivity contribution is 5.92. The summed E-state index contributed by atoms with van der Waals surface area (Å²) in [7, 11) is 0. The summed E-state index contributed by atoms with van der Waals surface area (Å²) in [5, 5.41) is 19.5. The highest BCUT2D eigenvalue weighted by Gasteiger charge is 2.39. The van der Waals surface area contributed by atoms with Crippen molar-refractivity contribution in [1.82, 2.24) is 5.32 Å². The predicted molar refractivity (Wildman–Crippen MR) is 57.9 cm³/mol. The van der Waals surface area contributed by atoms with Gasteiger partial charge in [-0.2, -0.15) is 0 Å². The lowest BCUT2D eigenvalue weighted by molar-refractivity contribution is -0.146. The Kier molecular flexibility index (Phi) is 5.15. The molecule has 0 spiro atoms. The Balaban J connectivity index is 4.97. The van der Waals surface area contributed by atoms with Crippen LogP contribution >= 0.6 is 0 Å². The Bertz CT molecular complexity index is 371. The molecule has 0 rings (SSSR count). The normalized spacial score (nSPS) is 15.1. The number of carboxylic acids is 2. The first-order valence-electron chi connectivity index (χ1n) is 4.75. The maximum atomic E-state index is 11.3. The van der Waals surface area contributed by atoms with Crippen LogP contribution in [0.25, 0.3) is 0 Å². The van der Waals surface area contributed by atoms with Gasteiger partial charge in [0.05, 0.1) is 6.04 Å². The first-order chi connectivity index (χ1) is 7.75. The number of rotatable bonds is 6. The average Bonchev–Trinajstić information content (AvgIpc) is 2.23. The second-order valence-corrected chi connectivity index (χ2v) is 3.53. The molecule has 0 heterocycles. The summed E-state index contributed by atoms with van der Waals surface area (Å²) in [4.78, 5) is 32.8. The van der Waals surface area contributed by atoms with E-state index in [1.54, 1.807) is 0 Å². The van der Waals surface area contributed by atoms with Crippen molar-refractivity contribution < 1.29 is 24.6 Å². The van der Waals surface area contributed by atoms with E-state index in [0.29, 0.717) is 0 Å². The van der Waals surface area contributed by atoms with Gasteiger partial charge in [-0.15, -0.1) is 6.42 Å². The molecule has 0 aliphatic heterocycles. The van der Waals surface area contributed by atoms with Gasteiger partial charge in [-0.3, -0.25) is 9.59 Å². The van der Waals surface area contributed by atoms with E-state index in [4.69, 9.17) is 22.4 Å². The molecule has 2 unspecified atom stereocenters. The molecule has 17 heavy (non-hydrogen) atoms. The van der Waals surface area contributed by atoms with Crippen LogP contribution in [0, 0.1) is 12.3 Å². The molecule has 1 amide bonds. The SMILES string of the molecule is C#CC(CCC(=O)O)(NC(=O)C(C)N)C(=O)O. The Labute approximate surface area is 98.0 Å². The first kappa shape index (κ1) is 14.9. The van der Waals surface area contributed by atoms with Gasteiger partial charge < -0.3 is 21.3 Å². The minimum absolute atomic E-state index is 0.410. The molecule has 0 aromatic rings. The van der Waals surface area contributed by atoms with Gasteiger partial charge in [-0.1, -0.05) is 5.92 Å². The van der Waals surface area contributed by atoms with Gasteiger partial charge in [-0.05, 0) is 6.92 Å². The third-order valence-electron chi connectivity index (χ3n) is 2.08. The fourth-order valence-electron chi connectivity index (χ4n) is 1.01. The van der Waals surface area contributed by atoms with E-state index in [0.717, 1.165) is 0 Å². The highest BCUT2D eigenvalue weighted by atomic mass is 16.4. The summed E-state index contributed by atoms with van der Waals surface area (Å²) in [5.41, 5.74) is 3.23. The summed E-state index contributed by atoms with van der Waals surface area (Å²) in [6.07, 6.45) is 4.18. The van der Waals surface area contributed by atoms with Crippen LogP contribution < -0.4 is 11.1 Å². The summed E-state index contributed by atoms with van der Waals surface area (Å²) in [6.45, 7) is 1.36.